The molecule has 4 heterocycles. The Balaban J connectivity index is 1.25. The van der Waals surface area contributed by atoms with Crippen LogP contribution in [0.15, 0.2) is 41.4 Å². The number of nitrogens with zero attached hydrogens (tertiary/aromatic N) is 4. The summed E-state index contributed by atoms with van der Waals surface area (Å²) in [7, 11) is 0. The number of rotatable bonds is 7. The number of nitrogens with one attached hydrogen (secondary N) is 2. The molecule has 1 aliphatic heterocycles. The molecule has 1 amide bonds. The third kappa shape index (κ3) is 5.12. The van der Waals surface area contributed by atoms with Gasteiger partial charge in [-0.3, -0.25) is 15.0 Å². The van der Waals surface area contributed by atoms with E-state index in [9.17, 15) is 4.79 Å². The Morgan fingerprint density at radius 3 is 3.00 bits per heavy atom. The molecule has 1 aliphatic rings. The van der Waals surface area contributed by atoms with Gasteiger partial charge in [-0.05, 0) is 48.9 Å². The fraction of sp³-hybridized carbons (Fsp3) is 0.368. The second kappa shape index (κ2) is 9.22. The first-order chi connectivity index (χ1) is 13.8. The van der Waals surface area contributed by atoms with E-state index in [2.05, 4.69) is 48.2 Å². The summed E-state index contributed by atoms with van der Waals surface area (Å²) in [5.74, 6) is 1.17. The van der Waals surface area contributed by atoms with E-state index < -0.39 is 0 Å². The monoisotopic (exact) mass is 414 g/mol. The van der Waals surface area contributed by atoms with Crippen LogP contribution in [-0.2, 0) is 6.54 Å². The van der Waals surface area contributed by atoms with Crippen LogP contribution in [0.25, 0.3) is 0 Å². The number of hydrogen-bond acceptors (Lipinski definition) is 8. The highest BCUT2D eigenvalue weighted by atomic mass is 32.1. The standard InChI is InChI=1S/C19H22N6OS2/c26-18(23-19-24-22-13-28-19)15-5-6-17(21-10-15)20-9-14-3-1-7-25(11-14)12-16-4-2-8-27-16/h2,4-6,8,10,13-14H,1,3,7,9,11-12H2,(H,20,21)(H,23,24,26). The molecule has 28 heavy (non-hydrogen) atoms. The number of pyridine rings is 1. The van der Waals surface area contributed by atoms with E-state index in [0.29, 0.717) is 16.6 Å². The molecule has 9 heteroatoms. The maximum absolute atomic E-state index is 12.2. The maximum atomic E-state index is 12.2. The van der Waals surface area contributed by atoms with Gasteiger partial charge in [-0.25, -0.2) is 4.98 Å². The molecule has 0 bridgehead atoms. The van der Waals surface area contributed by atoms with Gasteiger partial charge in [0.1, 0.15) is 11.3 Å². The number of amides is 1. The van der Waals surface area contributed by atoms with Gasteiger partial charge in [-0.1, -0.05) is 17.4 Å². The Kier molecular flexibility index (Phi) is 6.25. The first-order valence-corrected chi connectivity index (χ1v) is 11.0. The van der Waals surface area contributed by atoms with Crippen molar-refractivity contribution >= 4 is 39.5 Å². The zero-order valence-electron chi connectivity index (χ0n) is 15.4. The predicted octanol–water partition coefficient (Wildman–Crippen LogP) is 3.57. The molecule has 3 aromatic heterocycles. The fourth-order valence-electron chi connectivity index (χ4n) is 3.36. The predicted molar refractivity (Wildman–Crippen MR) is 113 cm³/mol. The Bertz CT molecular complexity index is 866. The van der Waals surface area contributed by atoms with Gasteiger partial charge in [-0.15, -0.1) is 21.5 Å². The van der Waals surface area contributed by atoms with Gasteiger partial charge in [0.15, 0.2) is 0 Å². The molecule has 0 aliphatic carbocycles. The summed E-state index contributed by atoms with van der Waals surface area (Å²) >= 11 is 3.11. The lowest BCUT2D eigenvalue weighted by molar-refractivity contribution is 0.102. The van der Waals surface area contributed by atoms with Gasteiger partial charge in [0.25, 0.3) is 5.91 Å². The highest BCUT2D eigenvalue weighted by molar-refractivity contribution is 7.13. The smallest absolute Gasteiger partial charge is 0.259 e. The van der Waals surface area contributed by atoms with Crippen LogP contribution in [0, 0.1) is 5.92 Å². The Morgan fingerprint density at radius 1 is 1.29 bits per heavy atom. The second-order valence-corrected chi connectivity index (χ2v) is 8.70. The molecular weight excluding hydrogens is 392 g/mol. The average Bonchev–Trinajstić information content (AvgIpc) is 3.41. The molecule has 146 valence electrons. The molecule has 0 aromatic carbocycles. The molecule has 1 atom stereocenters. The molecule has 7 nitrogen and oxygen atoms in total. The summed E-state index contributed by atoms with van der Waals surface area (Å²) in [5.41, 5.74) is 2.08. The number of carbonyl (C=O) groups is 1. The van der Waals surface area contributed by atoms with E-state index in [1.807, 2.05) is 17.4 Å². The van der Waals surface area contributed by atoms with Gasteiger partial charge in [0.2, 0.25) is 5.13 Å². The van der Waals surface area contributed by atoms with Crippen molar-refractivity contribution in [3.63, 3.8) is 0 Å². The Labute approximate surface area is 171 Å². The molecule has 1 fully saturated rings. The van der Waals surface area contributed by atoms with Crippen molar-refractivity contribution in [3.05, 3.63) is 51.8 Å². The summed E-state index contributed by atoms with van der Waals surface area (Å²) in [6.45, 7) is 4.22. The summed E-state index contributed by atoms with van der Waals surface area (Å²) in [5, 5.41) is 16.3. The Hall–Kier alpha value is -2.36. The summed E-state index contributed by atoms with van der Waals surface area (Å²) in [6.07, 6.45) is 4.05. The minimum Gasteiger partial charge on any atom is -0.370 e. The van der Waals surface area contributed by atoms with Crippen LogP contribution >= 0.6 is 22.7 Å². The molecule has 3 aromatic rings. The highest BCUT2D eigenvalue weighted by Gasteiger charge is 2.20. The minimum atomic E-state index is -0.229. The first-order valence-electron chi connectivity index (χ1n) is 9.28. The van der Waals surface area contributed by atoms with Crippen molar-refractivity contribution in [2.75, 3.05) is 30.3 Å². The number of anilines is 2. The van der Waals surface area contributed by atoms with Gasteiger partial charge in [-0.2, -0.15) is 0 Å². The lowest BCUT2D eigenvalue weighted by Gasteiger charge is -2.32. The van der Waals surface area contributed by atoms with E-state index in [1.165, 1.54) is 35.6 Å². The number of thiophene rings is 1. The molecule has 0 radical (unpaired) electrons. The minimum absolute atomic E-state index is 0.229. The second-order valence-electron chi connectivity index (χ2n) is 6.83. The molecule has 2 N–H and O–H groups in total. The number of likely N-dealkylation sites (tertiary alicyclic amines) is 1. The number of piperidine rings is 1. The summed E-state index contributed by atoms with van der Waals surface area (Å²) in [6, 6.07) is 7.95. The van der Waals surface area contributed by atoms with E-state index in [4.69, 9.17) is 0 Å². The van der Waals surface area contributed by atoms with Gasteiger partial charge < -0.3 is 5.32 Å². The quantitative estimate of drug-likeness (QED) is 0.615. The van der Waals surface area contributed by atoms with Crippen LogP contribution in [0.4, 0.5) is 10.9 Å². The molecule has 0 spiro atoms. The molecule has 4 rings (SSSR count). The molecule has 1 unspecified atom stereocenters. The summed E-state index contributed by atoms with van der Waals surface area (Å²) in [4.78, 5) is 20.5. The highest BCUT2D eigenvalue weighted by Crippen LogP contribution is 2.21. The maximum Gasteiger partial charge on any atom is 0.259 e. The SMILES string of the molecule is O=C(Nc1nncs1)c1ccc(NCC2CCCN(Cc3cccs3)C2)nc1. The van der Waals surface area contributed by atoms with Crippen LogP contribution in [0.1, 0.15) is 28.1 Å². The Morgan fingerprint density at radius 2 is 2.25 bits per heavy atom. The van der Waals surface area contributed by atoms with Crippen LogP contribution < -0.4 is 10.6 Å². The molecule has 0 saturated carbocycles. The van der Waals surface area contributed by atoms with Gasteiger partial charge in [0.05, 0.1) is 5.56 Å². The third-order valence-corrected chi connectivity index (χ3v) is 6.21. The molecule has 1 saturated heterocycles. The average molecular weight is 415 g/mol. The van der Waals surface area contributed by atoms with Gasteiger partial charge in [0, 0.05) is 30.7 Å². The van der Waals surface area contributed by atoms with Crippen molar-refractivity contribution in [1.82, 2.24) is 20.1 Å². The van der Waals surface area contributed by atoms with Crippen molar-refractivity contribution in [2.24, 2.45) is 5.92 Å². The van der Waals surface area contributed by atoms with E-state index in [-0.39, 0.29) is 5.91 Å². The lowest BCUT2D eigenvalue weighted by atomic mass is 9.98. The zero-order chi connectivity index (χ0) is 19.2. The number of hydrogen-bond donors (Lipinski definition) is 2. The first kappa shape index (κ1) is 19.0. The van der Waals surface area contributed by atoms with Crippen LogP contribution in [0.2, 0.25) is 0 Å². The van der Waals surface area contributed by atoms with Gasteiger partial charge >= 0.3 is 0 Å². The zero-order valence-corrected chi connectivity index (χ0v) is 17.0. The van der Waals surface area contributed by atoms with Crippen molar-refractivity contribution in [1.29, 1.82) is 0 Å². The normalized spacial score (nSPS) is 17.4. The largest absolute Gasteiger partial charge is 0.370 e. The van der Waals surface area contributed by atoms with Crippen molar-refractivity contribution < 1.29 is 4.79 Å². The van der Waals surface area contributed by atoms with E-state index in [1.54, 1.807) is 17.8 Å². The third-order valence-electron chi connectivity index (χ3n) is 4.74. The number of aromatic nitrogens is 3. The van der Waals surface area contributed by atoms with Crippen molar-refractivity contribution in [3.8, 4) is 0 Å². The number of carbonyl (C=O) groups excluding carboxylic acids is 1. The molecular formula is C19H22N6OS2. The van der Waals surface area contributed by atoms with E-state index in [0.717, 1.165) is 25.5 Å². The summed E-state index contributed by atoms with van der Waals surface area (Å²) < 4.78 is 0. The fourth-order valence-corrected chi connectivity index (χ4v) is 4.55. The topological polar surface area (TPSA) is 83.0 Å². The van der Waals surface area contributed by atoms with E-state index >= 15 is 0 Å². The van der Waals surface area contributed by atoms with Crippen LogP contribution in [0.3, 0.4) is 0 Å². The lowest BCUT2D eigenvalue weighted by Crippen LogP contribution is -2.37. The van der Waals surface area contributed by atoms with Crippen LogP contribution in [-0.4, -0.2) is 45.6 Å². The van der Waals surface area contributed by atoms with Crippen molar-refractivity contribution in [2.45, 2.75) is 19.4 Å². The van der Waals surface area contributed by atoms with Crippen LogP contribution in [0.5, 0.6) is 0 Å².